The molecule has 4 heteroatoms. The first-order valence-electron chi connectivity index (χ1n) is 8.41. The van der Waals surface area contributed by atoms with Gasteiger partial charge in [-0.15, -0.1) is 0 Å². The lowest BCUT2D eigenvalue weighted by Crippen LogP contribution is -2.49. The van der Waals surface area contributed by atoms with E-state index in [1.54, 1.807) is 12.0 Å². The standard InChI is InChI=1S/C19H30N2O2/c1-19(2,3)12-15-10-16(11-15)20-18(22)21(4)13-14-6-8-17(23-5)9-7-14/h6-9,15-16H,10-13H2,1-5H3,(H,20,22). The van der Waals surface area contributed by atoms with E-state index in [-0.39, 0.29) is 6.03 Å². The maximum absolute atomic E-state index is 12.3. The summed E-state index contributed by atoms with van der Waals surface area (Å²) in [4.78, 5) is 14.0. The summed E-state index contributed by atoms with van der Waals surface area (Å²) in [6.07, 6.45) is 3.46. The van der Waals surface area contributed by atoms with Crippen molar-refractivity contribution in [2.45, 2.75) is 52.6 Å². The Morgan fingerprint density at radius 2 is 1.87 bits per heavy atom. The second-order valence-corrected chi connectivity index (χ2v) is 7.95. The van der Waals surface area contributed by atoms with Gasteiger partial charge in [0, 0.05) is 19.6 Å². The van der Waals surface area contributed by atoms with Crippen molar-refractivity contribution >= 4 is 6.03 Å². The van der Waals surface area contributed by atoms with E-state index in [9.17, 15) is 4.79 Å². The first kappa shape index (κ1) is 17.6. The van der Waals surface area contributed by atoms with Crippen LogP contribution in [0.3, 0.4) is 0 Å². The molecule has 128 valence electrons. The lowest BCUT2D eigenvalue weighted by Gasteiger charge is -2.39. The maximum Gasteiger partial charge on any atom is 0.317 e. The van der Waals surface area contributed by atoms with Crippen molar-refractivity contribution in [2.75, 3.05) is 14.2 Å². The second-order valence-electron chi connectivity index (χ2n) is 7.95. The van der Waals surface area contributed by atoms with Gasteiger partial charge in [0.05, 0.1) is 7.11 Å². The van der Waals surface area contributed by atoms with Gasteiger partial charge >= 0.3 is 6.03 Å². The molecule has 0 saturated heterocycles. The van der Waals surface area contributed by atoms with Gasteiger partial charge in [-0.25, -0.2) is 4.79 Å². The minimum atomic E-state index is 0.0139. The summed E-state index contributed by atoms with van der Waals surface area (Å²) in [6, 6.07) is 8.18. The van der Waals surface area contributed by atoms with Crippen LogP contribution in [0.2, 0.25) is 0 Å². The Morgan fingerprint density at radius 3 is 2.39 bits per heavy atom. The highest BCUT2D eigenvalue weighted by atomic mass is 16.5. The molecule has 0 unspecified atom stereocenters. The molecule has 0 aromatic heterocycles. The van der Waals surface area contributed by atoms with E-state index in [0.29, 0.717) is 18.0 Å². The minimum absolute atomic E-state index is 0.0139. The van der Waals surface area contributed by atoms with Crippen LogP contribution in [0.15, 0.2) is 24.3 Å². The molecular weight excluding hydrogens is 288 g/mol. The third kappa shape index (κ3) is 5.45. The van der Waals surface area contributed by atoms with Crippen LogP contribution in [0.5, 0.6) is 5.75 Å². The van der Waals surface area contributed by atoms with Crippen molar-refractivity contribution in [1.29, 1.82) is 0 Å². The molecule has 1 aromatic carbocycles. The van der Waals surface area contributed by atoms with E-state index in [4.69, 9.17) is 4.74 Å². The lowest BCUT2D eigenvalue weighted by atomic mass is 9.71. The van der Waals surface area contributed by atoms with Crippen LogP contribution in [0.25, 0.3) is 0 Å². The summed E-state index contributed by atoms with van der Waals surface area (Å²) in [5.41, 5.74) is 1.48. The topological polar surface area (TPSA) is 41.6 Å². The van der Waals surface area contributed by atoms with Gasteiger partial charge in [0.2, 0.25) is 0 Å². The molecule has 0 atom stereocenters. The number of benzene rings is 1. The first-order chi connectivity index (χ1) is 10.8. The molecule has 1 fully saturated rings. The van der Waals surface area contributed by atoms with Crippen LogP contribution in [-0.2, 0) is 6.54 Å². The number of nitrogens with one attached hydrogen (secondary N) is 1. The molecule has 4 nitrogen and oxygen atoms in total. The van der Waals surface area contributed by atoms with Crippen molar-refractivity contribution in [2.24, 2.45) is 11.3 Å². The zero-order chi connectivity index (χ0) is 17.0. The molecule has 23 heavy (non-hydrogen) atoms. The number of amides is 2. The molecule has 0 heterocycles. The van der Waals surface area contributed by atoms with Crippen molar-refractivity contribution in [3.8, 4) is 5.75 Å². The molecule has 0 aliphatic heterocycles. The third-order valence-electron chi connectivity index (χ3n) is 4.39. The van der Waals surface area contributed by atoms with Gasteiger partial charge in [0.25, 0.3) is 0 Å². The summed E-state index contributed by atoms with van der Waals surface area (Å²) in [7, 11) is 3.49. The molecular formula is C19H30N2O2. The molecule has 1 aliphatic rings. The number of carbonyl (C=O) groups is 1. The smallest absolute Gasteiger partial charge is 0.317 e. The van der Waals surface area contributed by atoms with Crippen molar-refractivity contribution in [1.82, 2.24) is 10.2 Å². The van der Waals surface area contributed by atoms with Gasteiger partial charge in [-0.3, -0.25) is 0 Å². The van der Waals surface area contributed by atoms with Gasteiger partial charge in [0.15, 0.2) is 0 Å². The number of urea groups is 1. The highest BCUT2D eigenvalue weighted by molar-refractivity contribution is 5.74. The number of hydrogen-bond acceptors (Lipinski definition) is 2. The molecule has 1 N–H and O–H groups in total. The van der Waals surface area contributed by atoms with E-state index >= 15 is 0 Å². The molecule has 2 amide bonds. The predicted octanol–water partition coefficient (Wildman–Crippen LogP) is 4.05. The maximum atomic E-state index is 12.3. The Kier molecular flexibility index (Phi) is 5.55. The number of methoxy groups -OCH3 is 1. The summed E-state index contributed by atoms with van der Waals surface area (Å²) < 4.78 is 5.15. The predicted molar refractivity (Wildman–Crippen MR) is 93.6 cm³/mol. The SMILES string of the molecule is COc1ccc(CN(C)C(=O)NC2CC(CC(C)(C)C)C2)cc1. The van der Waals surface area contributed by atoms with E-state index in [1.165, 1.54) is 6.42 Å². The zero-order valence-electron chi connectivity index (χ0n) is 15.1. The third-order valence-corrected chi connectivity index (χ3v) is 4.39. The summed E-state index contributed by atoms with van der Waals surface area (Å²) in [5.74, 6) is 1.59. The molecule has 0 bridgehead atoms. The van der Waals surface area contributed by atoms with Gasteiger partial charge in [0.1, 0.15) is 5.75 Å². The summed E-state index contributed by atoms with van der Waals surface area (Å²) in [5, 5.41) is 3.14. The van der Waals surface area contributed by atoms with Crippen molar-refractivity contribution < 1.29 is 9.53 Å². The zero-order valence-corrected chi connectivity index (χ0v) is 15.1. The summed E-state index contributed by atoms with van der Waals surface area (Å²) >= 11 is 0. The highest BCUT2D eigenvalue weighted by Gasteiger charge is 2.33. The van der Waals surface area contributed by atoms with E-state index in [2.05, 4.69) is 26.1 Å². The van der Waals surface area contributed by atoms with Crippen LogP contribution in [0.4, 0.5) is 4.79 Å². The molecule has 1 aromatic rings. The van der Waals surface area contributed by atoms with Gasteiger partial charge in [-0.2, -0.15) is 0 Å². The number of nitrogens with zero attached hydrogens (tertiary/aromatic N) is 1. The monoisotopic (exact) mass is 318 g/mol. The minimum Gasteiger partial charge on any atom is -0.497 e. The average Bonchev–Trinajstić information content (AvgIpc) is 2.44. The fourth-order valence-electron chi connectivity index (χ4n) is 3.25. The summed E-state index contributed by atoms with van der Waals surface area (Å²) in [6.45, 7) is 7.44. The highest BCUT2D eigenvalue weighted by Crippen LogP contribution is 2.37. The normalized spacial score (nSPS) is 20.6. The molecule has 1 saturated carbocycles. The Balaban J connectivity index is 1.73. The second kappa shape index (κ2) is 7.24. The molecule has 1 aliphatic carbocycles. The average molecular weight is 318 g/mol. The Labute approximate surface area is 140 Å². The Hall–Kier alpha value is -1.71. The first-order valence-corrected chi connectivity index (χ1v) is 8.41. The number of hydrogen-bond donors (Lipinski definition) is 1. The van der Waals surface area contributed by atoms with Crippen LogP contribution < -0.4 is 10.1 Å². The Morgan fingerprint density at radius 1 is 1.26 bits per heavy atom. The quantitative estimate of drug-likeness (QED) is 0.890. The van der Waals surface area contributed by atoms with E-state index < -0.39 is 0 Å². The van der Waals surface area contributed by atoms with E-state index in [1.807, 2.05) is 31.3 Å². The number of rotatable bonds is 5. The van der Waals surface area contributed by atoms with Crippen LogP contribution in [0, 0.1) is 11.3 Å². The number of ether oxygens (including phenoxy) is 1. The van der Waals surface area contributed by atoms with Gasteiger partial charge < -0.3 is 15.0 Å². The van der Waals surface area contributed by atoms with Crippen LogP contribution in [0.1, 0.15) is 45.6 Å². The fraction of sp³-hybridized carbons (Fsp3) is 0.632. The molecule has 2 rings (SSSR count). The molecule has 0 radical (unpaired) electrons. The molecule has 0 spiro atoms. The van der Waals surface area contributed by atoms with E-state index in [0.717, 1.165) is 30.1 Å². The van der Waals surface area contributed by atoms with Crippen LogP contribution >= 0.6 is 0 Å². The van der Waals surface area contributed by atoms with Crippen molar-refractivity contribution in [3.05, 3.63) is 29.8 Å². The van der Waals surface area contributed by atoms with Crippen molar-refractivity contribution in [3.63, 3.8) is 0 Å². The lowest BCUT2D eigenvalue weighted by molar-refractivity contribution is 0.148. The fourth-order valence-corrected chi connectivity index (χ4v) is 3.25. The largest absolute Gasteiger partial charge is 0.497 e. The van der Waals surface area contributed by atoms with Crippen LogP contribution in [-0.4, -0.2) is 31.1 Å². The number of carbonyl (C=O) groups excluding carboxylic acids is 1. The van der Waals surface area contributed by atoms with Gasteiger partial charge in [-0.1, -0.05) is 32.9 Å². The Bertz CT molecular complexity index is 513. The van der Waals surface area contributed by atoms with Gasteiger partial charge in [-0.05, 0) is 48.3 Å².